The van der Waals surface area contributed by atoms with Crippen LogP contribution in [0.1, 0.15) is 5.56 Å². The van der Waals surface area contributed by atoms with Crippen molar-refractivity contribution in [3.8, 4) is 0 Å². The Kier molecular flexibility index (Phi) is 1.68. The average Bonchev–Trinajstić information content (AvgIpc) is 1.89. The number of anilines is 1. The van der Waals surface area contributed by atoms with Crippen LogP contribution < -0.4 is 5.32 Å². The molecule has 0 fully saturated rings. The van der Waals surface area contributed by atoms with Crippen LogP contribution in [0.5, 0.6) is 0 Å². The first kappa shape index (κ1) is 6.08. The molecule has 0 saturated heterocycles. The second-order valence-electron chi connectivity index (χ2n) is 1.86. The summed E-state index contributed by atoms with van der Waals surface area (Å²) in [5, 5.41) is 2.98. The van der Waals surface area contributed by atoms with E-state index >= 15 is 0 Å². The second kappa shape index (κ2) is 2.49. The molecular formula is C7H9N2. The van der Waals surface area contributed by atoms with Crippen molar-refractivity contribution in [3.63, 3.8) is 0 Å². The molecule has 1 radical (unpaired) electrons. The maximum absolute atomic E-state index is 3.83. The first-order chi connectivity index (χ1) is 4.34. The molecule has 9 heavy (non-hydrogen) atoms. The van der Waals surface area contributed by atoms with Crippen LogP contribution >= 0.6 is 0 Å². The summed E-state index contributed by atoms with van der Waals surface area (Å²) in [6.07, 6.45) is 4.56. The van der Waals surface area contributed by atoms with E-state index in [0.717, 1.165) is 5.69 Å². The summed E-state index contributed by atoms with van der Waals surface area (Å²) in [5.41, 5.74) is 2.14. The first-order valence-corrected chi connectivity index (χ1v) is 2.85. The van der Waals surface area contributed by atoms with Gasteiger partial charge >= 0.3 is 0 Å². The first-order valence-electron chi connectivity index (χ1n) is 2.85. The van der Waals surface area contributed by atoms with Crippen LogP contribution in [0.2, 0.25) is 0 Å². The number of nitrogens with one attached hydrogen (secondary N) is 1. The van der Waals surface area contributed by atoms with E-state index in [1.165, 1.54) is 5.56 Å². The Morgan fingerprint density at radius 1 is 1.67 bits per heavy atom. The minimum Gasteiger partial charge on any atom is -0.386 e. The topological polar surface area (TPSA) is 24.9 Å². The molecule has 1 aromatic heterocycles. The molecule has 0 bridgehead atoms. The van der Waals surface area contributed by atoms with Crippen molar-refractivity contribution >= 4 is 5.69 Å². The molecule has 2 heteroatoms. The van der Waals surface area contributed by atoms with Gasteiger partial charge < -0.3 is 5.32 Å². The zero-order chi connectivity index (χ0) is 6.69. The minimum absolute atomic E-state index is 0.970. The monoisotopic (exact) mass is 121 g/mol. The van der Waals surface area contributed by atoms with Crippen LogP contribution in [-0.4, -0.2) is 12.0 Å². The SMILES string of the molecule is CNc1[c]nccc1C. The smallest absolute Gasteiger partial charge is 0.114 e. The van der Waals surface area contributed by atoms with E-state index in [-0.39, 0.29) is 0 Å². The van der Waals surface area contributed by atoms with Gasteiger partial charge in [0.25, 0.3) is 0 Å². The van der Waals surface area contributed by atoms with Gasteiger partial charge in [0.05, 0.1) is 5.69 Å². The lowest BCUT2D eigenvalue weighted by molar-refractivity contribution is 1.25. The van der Waals surface area contributed by atoms with Crippen molar-refractivity contribution < 1.29 is 0 Å². The number of hydrogen-bond acceptors (Lipinski definition) is 2. The van der Waals surface area contributed by atoms with E-state index in [4.69, 9.17) is 0 Å². The standard InChI is InChI=1S/C7H9N2/c1-6-3-4-9-5-7(6)8-2/h3-4,8H,1-2H3. The molecule has 0 aliphatic rings. The highest BCUT2D eigenvalue weighted by molar-refractivity contribution is 5.45. The predicted octanol–water partition coefficient (Wildman–Crippen LogP) is 1.23. The van der Waals surface area contributed by atoms with Gasteiger partial charge in [-0.2, -0.15) is 0 Å². The Labute approximate surface area is 54.9 Å². The van der Waals surface area contributed by atoms with Gasteiger partial charge in [-0.3, -0.25) is 4.98 Å². The Morgan fingerprint density at radius 2 is 2.44 bits per heavy atom. The molecule has 0 unspecified atom stereocenters. The molecule has 1 N–H and O–H groups in total. The Bertz CT molecular complexity index is 196. The average molecular weight is 121 g/mol. The third kappa shape index (κ3) is 1.19. The number of pyridine rings is 1. The highest BCUT2D eigenvalue weighted by atomic mass is 14.8. The zero-order valence-corrected chi connectivity index (χ0v) is 5.60. The van der Waals surface area contributed by atoms with Gasteiger partial charge in [0.2, 0.25) is 0 Å². The fourth-order valence-corrected chi connectivity index (χ4v) is 0.675. The fraction of sp³-hybridized carbons (Fsp3) is 0.286. The molecular weight excluding hydrogens is 112 g/mol. The summed E-state index contributed by atoms with van der Waals surface area (Å²) in [6, 6.07) is 1.95. The van der Waals surface area contributed by atoms with Crippen LogP contribution in [0.25, 0.3) is 0 Å². The predicted molar refractivity (Wildman–Crippen MR) is 37.4 cm³/mol. The summed E-state index contributed by atoms with van der Waals surface area (Å²) in [4.78, 5) is 3.83. The second-order valence-corrected chi connectivity index (χ2v) is 1.86. The molecule has 1 aromatic rings. The lowest BCUT2D eigenvalue weighted by Gasteiger charge is -1.99. The zero-order valence-electron chi connectivity index (χ0n) is 5.60. The molecule has 0 aromatic carbocycles. The molecule has 1 rings (SSSR count). The van der Waals surface area contributed by atoms with Crippen molar-refractivity contribution in [3.05, 3.63) is 24.0 Å². The molecule has 2 nitrogen and oxygen atoms in total. The number of aryl methyl sites for hydroxylation is 1. The third-order valence-electron chi connectivity index (χ3n) is 1.22. The van der Waals surface area contributed by atoms with E-state index in [1.54, 1.807) is 6.20 Å². The molecule has 0 saturated carbocycles. The van der Waals surface area contributed by atoms with Gasteiger partial charge in [0.15, 0.2) is 0 Å². The number of aromatic nitrogens is 1. The van der Waals surface area contributed by atoms with Gasteiger partial charge in [-0.05, 0) is 18.6 Å². The van der Waals surface area contributed by atoms with Gasteiger partial charge in [0.1, 0.15) is 6.20 Å². The van der Waals surface area contributed by atoms with Crippen molar-refractivity contribution in [1.82, 2.24) is 4.98 Å². The summed E-state index contributed by atoms with van der Waals surface area (Å²) >= 11 is 0. The quantitative estimate of drug-likeness (QED) is 0.604. The fourth-order valence-electron chi connectivity index (χ4n) is 0.675. The Hall–Kier alpha value is -1.05. The molecule has 0 amide bonds. The van der Waals surface area contributed by atoms with E-state index in [0.29, 0.717) is 0 Å². The van der Waals surface area contributed by atoms with Crippen molar-refractivity contribution in [2.24, 2.45) is 0 Å². The lowest BCUT2D eigenvalue weighted by Crippen LogP contribution is -1.91. The third-order valence-corrected chi connectivity index (χ3v) is 1.22. The number of nitrogens with zero attached hydrogens (tertiary/aromatic N) is 1. The molecule has 0 aliphatic heterocycles. The normalized spacial score (nSPS) is 9.11. The number of rotatable bonds is 1. The van der Waals surface area contributed by atoms with Crippen LogP contribution in [0.3, 0.4) is 0 Å². The van der Waals surface area contributed by atoms with Crippen LogP contribution in [0, 0.1) is 13.1 Å². The van der Waals surface area contributed by atoms with Gasteiger partial charge in [0, 0.05) is 13.2 Å². The highest BCUT2D eigenvalue weighted by Gasteiger charge is 1.90. The van der Waals surface area contributed by atoms with E-state index in [9.17, 15) is 0 Å². The largest absolute Gasteiger partial charge is 0.386 e. The van der Waals surface area contributed by atoms with Crippen LogP contribution in [0.4, 0.5) is 5.69 Å². The molecule has 1 heterocycles. The summed E-state index contributed by atoms with van der Waals surface area (Å²) in [5.74, 6) is 0. The molecule has 0 aliphatic carbocycles. The summed E-state index contributed by atoms with van der Waals surface area (Å²) < 4.78 is 0. The highest BCUT2D eigenvalue weighted by Crippen LogP contribution is 2.08. The Morgan fingerprint density at radius 3 is 2.89 bits per heavy atom. The van der Waals surface area contributed by atoms with Crippen molar-refractivity contribution in [2.75, 3.05) is 12.4 Å². The van der Waals surface area contributed by atoms with Crippen LogP contribution in [-0.2, 0) is 0 Å². The number of hydrogen-bond donors (Lipinski definition) is 1. The van der Waals surface area contributed by atoms with Gasteiger partial charge in [-0.1, -0.05) is 0 Å². The van der Waals surface area contributed by atoms with Crippen molar-refractivity contribution in [1.29, 1.82) is 0 Å². The molecule has 0 atom stereocenters. The van der Waals surface area contributed by atoms with Gasteiger partial charge in [-0.25, -0.2) is 0 Å². The lowest BCUT2D eigenvalue weighted by atomic mass is 10.2. The van der Waals surface area contributed by atoms with E-state index in [2.05, 4.69) is 16.5 Å². The van der Waals surface area contributed by atoms with E-state index < -0.39 is 0 Å². The van der Waals surface area contributed by atoms with Crippen molar-refractivity contribution in [2.45, 2.75) is 6.92 Å². The summed E-state index contributed by atoms with van der Waals surface area (Å²) in [7, 11) is 1.86. The van der Waals surface area contributed by atoms with Gasteiger partial charge in [-0.15, -0.1) is 0 Å². The minimum atomic E-state index is 0.970. The maximum Gasteiger partial charge on any atom is 0.114 e. The van der Waals surface area contributed by atoms with E-state index in [1.807, 2.05) is 20.0 Å². The molecule has 47 valence electrons. The molecule has 0 spiro atoms. The maximum atomic E-state index is 3.83. The Balaban J connectivity index is 3.01. The van der Waals surface area contributed by atoms with Crippen LogP contribution in [0.15, 0.2) is 12.3 Å². The summed E-state index contributed by atoms with van der Waals surface area (Å²) in [6.45, 7) is 2.02.